The minimum absolute atomic E-state index is 0.175. The minimum Gasteiger partial charge on any atom is -0.478 e. The molecule has 128 valence electrons. The SMILES string of the molecule is CCOc1ccc(C(=O)NCc2cnn(Cc3ccccc3)c2)cn1. The molecule has 0 radical (unpaired) electrons. The Balaban J connectivity index is 1.54. The van der Waals surface area contributed by atoms with E-state index in [4.69, 9.17) is 4.74 Å². The molecule has 0 saturated carbocycles. The number of nitrogens with one attached hydrogen (secondary N) is 1. The maximum absolute atomic E-state index is 12.2. The highest BCUT2D eigenvalue weighted by Crippen LogP contribution is 2.08. The number of benzene rings is 1. The average molecular weight is 336 g/mol. The van der Waals surface area contributed by atoms with Crippen LogP contribution in [0.4, 0.5) is 0 Å². The smallest absolute Gasteiger partial charge is 0.253 e. The molecular formula is C19H20N4O2. The molecule has 1 aromatic carbocycles. The molecule has 0 atom stereocenters. The van der Waals surface area contributed by atoms with Crippen LogP contribution in [0.2, 0.25) is 0 Å². The summed E-state index contributed by atoms with van der Waals surface area (Å²) in [5.41, 5.74) is 2.63. The predicted molar refractivity (Wildman–Crippen MR) is 94.3 cm³/mol. The molecule has 0 aliphatic rings. The second-order valence-corrected chi connectivity index (χ2v) is 5.53. The lowest BCUT2D eigenvalue weighted by molar-refractivity contribution is 0.0950. The fourth-order valence-corrected chi connectivity index (χ4v) is 2.39. The van der Waals surface area contributed by atoms with Crippen LogP contribution in [-0.4, -0.2) is 27.3 Å². The summed E-state index contributed by atoms with van der Waals surface area (Å²) in [6.07, 6.45) is 5.21. The standard InChI is InChI=1S/C19H20N4O2/c1-2-25-18-9-8-17(12-20-18)19(24)21-10-16-11-22-23(14-16)13-15-6-4-3-5-7-15/h3-9,11-12,14H,2,10,13H2,1H3,(H,21,24). The molecule has 1 N–H and O–H groups in total. The van der Waals surface area contributed by atoms with Gasteiger partial charge in [0.15, 0.2) is 0 Å². The summed E-state index contributed by atoms with van der Waals surface area (Å²) in [6.45, 7) is 3.56. The normalized spacial score (nSPS) is 10.4. The fourth-order valence-electron chi connectivity index (χ4n) is 2.39. The number of aromatic nitrogens is 3. The van der Waals surface area contributed by atoms with Crippen molar-refractivity contribution < 1.29 is 9.53 Å². The summed E-state index contributed by atoms with van der Waals surface area (Å²) in [5, 5.41) is 7.20. The van der Waals surface area contributed by atoms with Crippen LogP contribution in [0.3, 0.4) is 0 Å². The summed E-state index contributed by atoms with van der Waals surface area (Å²) in [4.78, 5) is 16.3. The lowest BCUT2D eigenvalue weighted by Crippen LogP contribution is -2.22. The lowest BCUT2D eigenvalue weighted by Gasteiger charge is -2.05. The fraction of sp³-hybridized carbons (Fsp3) is 0.211. The Morgan fingerprint density at radius 3 is 2.68 bits per heavy atom. The highest BCUT2D eigenvalue weighted by atomic mass is 16.5. The Labute approximate surface area is 146 Å². The zero-order valence-corrected chi connectivity index (χ0v) is 14.1. The molecule has 0 saturated heterocycles. The molecule has 2 aromatic heterocycles. The van der Waals surface area contributed by atoms with E-state index in [1.807, 2.05) is 36.0 Å². The molecule has 0 aliphatic heterocycles. The maximum atomic E-state index is 12.2. The number of ether oxygens (including phenoxy) is 1. The van der Waals surface area contributed by atoms with E-state index >= 15 is 0 Å². The van der Waals surface area contributed by atoms with Gasteiger partial charge < -0.3 is 10.1 Å². The minimum atomic E-state index is -0.175. The van der Waals surface area contributed by atoms with Crippen LogP contribution in [-0.2, 0) is 13.1 Å². The highest BCUT2D eigenvalue weighted by Gasteiger charge is 2.07. The van der Waals surface area contributed by atoms with Gasteiger partial charge in [0.1, 0.15) is 0 Å². The molecular weight excluding hydrogens is 316 g/mol. The lowest BCUT2D eigenvalue weighted by atomic mass is 10.2. The van der Waals surface area contributed by atoms with E-state index in [0.717, 1.165) is 5.56 Å². The van der Waals surface area contributed by atoms with Crippen LogP contribution in [0.1, 0.15) is 28.4 Å². The predicted octanol–water partition coefficient (Wildman–Crippen LogP) is 2.66. The third kappa shape index (κ3) is 4.67. The Morgan fingerprint density at radius 2 is 1.96 bits per heavy atom. The van der Waals surface area contributed by atoms with Crippen LogP contribution in [0.15, 0.2) is 61.1 Å². The van der Waals surface area contributed by atoms with Crippen LogP contribution >= 0.6 is 0 Å². The van der Waals surface area contributed by atoms with Gasteiger partial charge in [0, 0.05) is 30.6 Å². The second kappa shape index (κ2) is 8.10. The van der Waals surface area contributed by atoms with Crippen LogP contribution < -0.4 is 10.1 Å². The molecule has 1 amide bonds. The van der Waals surface area contributed by atoms with E-state index in [2.05, 4.69) is 27.5 Å². The monoisotopic (exact) mass is 336 g/mol. The van der Waals surface area contributed by atoms with Crippen LogP contribution in [0, 0.1) is 0 Å². The van der Waals surface area contributed by atoms with Crippen molar-refractivity contribution in [3.8, 4) is 5.88 Å². The van der Waals surface area contributed by atoms with E-state index in [9.17, 15) is 4.79 Å². The van der Waals surface area contributed by atoms with Gasteiger partial charge in [0.05, 0.1) is 24.9 Å². The van der Waals surface area contributed by atoms with Gasteiger partial charge >= 0.3 is 0 Å². The number of rotatable bonds is 7. The third-order valence-corrected chi connectivity index (χ3v) is 3.62. The van der Waals surface area contributed by atoms with Crippen LogP contribution in [0.5, 0.6) is 5.88 Å². The van der Waals surface area contributed by atoms with Crippen molar-refractivity contribution in [1.29, 1.82) is 0 Å². The molecule has 0 unspecified atom stereocenters. The first kappa shape index (κ1) is 16.7. The van der Waals surface area contributed by atoms with Gasteiger partial charge in [-0.05, 0) is 18.6 Å². The molecule has 0 spiro atoms. The van der Waals surface area contributed by atoms with Crippen molar-refractivity contribution in [2.75, 3.05) is 6.61 Å². The summed E-state index contributed by atoms with van der Waals surface area (Å²) >= 11 is 0. The van der Waals surface area contributed by atoms with Crippen molar-refractivity contribution >= 4 is 5.91 Å². The molecule has 3 rings (SSSR count). The van der Waals surface area contributed by atoms with E-state index in [1.54, 1.807) is 18.3 Å². The molecule has 2 heterocycles. The topological polar surface area (TPSA) is 69.0 Å². The second-order valence-electron chi connectivity index (χ2n) is 5.53. The largest absolute Gasteiger partial charge is 0.478 e. The number of nitrogens with zero attached hydrogens (tertiary/aromatic N) is 3. The number of hydrogen-bond acceptors (Lipinski definition) is 4. The molecule has 6 heteroatoms. The number of hydrogen-bond donors (Lipinski definition) is 1. The molecule has 6 nitrogen and oxygen atoms in total. The zero-order chi connectivity index (χ0) is 17.5. The summed E-state index contributed by atoms with van der Waals surface area (Å²) in [6, 6.07) is 13.5. The first-order chi connectivity index (χ1) is 12.2. The number of amides is 1. The first-order valence-electron chi connectivity index (χ1n) is 8.17. The molecule has 0 bridgehead atoms. The zero-order valence-electron chi connectivity index (χ0n) is 14.1. The Hall–Kier alpha value is -3.15. The van der Waals surface area contributed by atoms with Crippen molar-refractivity contribution in [2.24, 2.45) is 0 Å². The summed E-state index contributed by atoms with van der Waals surface area (Å²) in [5.74, 6) is 0.340. The number of carbonyl (C=O) groups is 1. The Kier molecular flexibility index (Phi) is 5.41. The van der Waals surface area contributed by atoms with Crippen LogP contribution in [0.25, 0.3) is 0 Å². The van der Waals surface area contributed by atoms with Crippen molar-refractivity contribution in [3.63, 3.8) is 0 Å². The van der Waals surface area contributed by atoms with E-state index in [1.165, 1.54) is 11.8 Å². The Morgan fingerprint density at radius 1 is 1.12 bits per heavy atom. The third-order valence-electron chi connectivity index (χ3n) is 3.62. The van der Waals surface area contributed by atoms with E-state index in [0.29, 0.717) is 31.1 Å². The van der Waals surface area contributed by atoms with Crippen molar-refractivity contribution in [2.45, 2.75) is 20.0 Å². The quantitative estimate of drug-likeness (QED) is 0.720. The molecule has 0 fully saturated rings. The highest BCUT2D eigenvalue weighted by molar-refractivity contribution is 5.93. The Bertz CT molecular complexity index is 813. The first-order valence-corrected chi connectivity index (χ1v) is 8.17. The summed E-state index contributed by atoms with van der Waals surface area (Å²) in [7, 11) is 0. The van der Waals surface area contributed by atoms with Gasteiger partial charge in [-0.15, -0.1) is 0 Å². The average Bonchev–Trinajstić information content (AvgIpc) is 3.09. The number of carbonyl (C=O) groups excluding carboxylic acids is 1. The molecule has 0 aliphatic carbocycles. The van der Waals surface area contributed by atoms with Gasteiger partial charge in [-0.1, -0.05) is 30.3 Å². The number of pyridine rings is 1. The summed E-state index contributed by atoms with van der Waals surface area (Å²) < 4.78 is 7.12. The van der Waals surface area contributed by atoms with Gasteiger partial charge in [0.25, 0.3) is 5.91 Å². The van der Waals surface area contributed by atoms with Crippen molar-refractivity contribution in [1.82, 2.24) is 20.1 Å². The maximum Gasteiger partial charge on any atom is 0.253 e. The van der Waals surface area contributed by atoms with Gasteiger partial charge in [-0.2, -0.15) is 5.10 Å². The van der Waals surface area contributed by atoms with E-state index in [-0.39, 0.29) is 5.91 Å². The van der Waals surface area contributed by atoms with Crippen molar-refractivity contribution in [3.05, 3.63) is 77.7 Å². The van der Waals surface area contributed by atoms with Gasteiger partial charge in [-0.25, -0.2) is 4.98 Å². The molecule has 3 aromatic rings. The van der Waals surface area contributed by atoms with Gasteiger partial charge in [0.2, 0.25) is 5.88 Å². The molecule has 25 heavy (non-hydrogen) atoms. The van der Waals surface area contributed by atoms with E-state index < -0.39 is 0 Å². The van der Waals surface area contributed by atoms with Gasteiger partial charge in [-0.3, -0.25) is 9.48 Å².